The SMILES string of the molecule is COCCNCCNC(=O)CCNC(=O)c1ccc(Br)cc1. The summed E-state index contributed by atoms with van der Waals surface area (Å²) in [5.41, 5.74) is 0.575. The summed E-state index contributed by atoms with van der Waals surface area (Å²) >= 11 is 3.31. The summed E-state index contributed by atoms with van der Waals surface area (Å²) in [4.78, 5) is 23.4. The molecular weight excluding hydrogens is 350 g/mol. The molecule has 0 aliphatic carbocycles. The van der Waals surface area contributed by atoms with Gasteiger partial charge in [0.05, 0.1) is 6.61 Å². The van der Waals surface area contributed by atoms with Crippen molar-refractivity contribution in [2.24, 2.45) is 0 Å². The van der Waals surface area contributed by atoms with Crippen molar-refractivity contribution in [1.29, 1.82) is 0 Å². The highest BCUT2D eigenvalue weighted by atomic mass is 79.9. The first kappa shape index (κ1) is 18.6. The predicted octanol–water partition coefficient (Wildman–Crippen LogP) is 0.921. The monoisotopic (exact) mass is 371 g/mol. The molecule has 0 atom stereocenters. The lowest BCUT2D eigenvalue weighted by Crippen LogP contribution is -2.35. The van der Waals surface area contributed by atoms with Gasteiger partial charge in [0.1, 0.15) is 0 Å². The van der Waals surface area contributed by atoms with Gasteiger partial charge in [-0.15, -0.1) is 0 Å². The van der Waals surface area contributed by atoms with Crippen LogP contribution in [0.25, 0.3) is 0 Å². The highest BCUT2D eigenvalue weighted by Crippen LogP contribution is 2.10. The van der Waals surface area contributed by atoms with Gasteiger partial charge in [0, 0.05) is 49.7 Å². The van der Waals surface area contributed by atoms with Crippen molar-refractivity contribution in [2.45, 2.75) is 6.42 Å². The molecular formula is C15H22BrN3O3. The fourth-order valence-electron chi connectivity index (χ4n) is 1.67. The Labute approximate surface area is 139 Å². The smallest absolute Gasteiger partial charge is 0.251 e. The first-order valence-corrected chi connectivity index (χ1v) is 7.93. The predicted molar refractivity (Wildman–Crippen MR) is 88.8 cm³/mol. The van der Waals surface area contributed by atoms with Crippen LogP contribution >= 0.6 is 15.9 Å². The molecule has 6 nitrogen and oxygen atoms in total. The quantitative estimate of drug-likeness (QED) is 0.534. The minimum absolute atomic E-state index is 0.0790. The number of ether oxygens (including phenoxy) is 1. The minimum Gasteiger partial charge on any atom is -0.383 e. The summed E-state index contributed by atoms with van der Waals surface area (Å²) in [6, 6.07) is 7.06. The molecule has 3 N–H and O–H groups in total. The van der Waals surface area contributed by atoms with Crippen LogP contribution in [0.5, 0.6) is 0 Å². The number of carbonyl (C=O) groups excluding carboxylic acids is 2. The molecule has 7 heteroatoms. The van der Waals surface area contributed by atoms with E-state index in [1.54, 1.807) is 31.4 Å². The maximum Gasteiger partial charge on any atom is 0.251 e. The van der Waals surface area contributed by atoms with Crippen LogP contribution in [0.4, 0.5) is 0 Å². The number of rotatable bonds is 10. The van der Waals surface area contributed by atoms with E-state index in [1.165, 1.54) is 0 Å². The molecule has 1 aromatic carbocycles. The topological polar surface area (TPSA) is 79.5 Å². The van der Waals surface area contributed by atoms with E-state index in [1.807, 2.05) is 0 Å². The van der Waals surface area contributed by atoms with E-state index in [9.17, 15) is 9.59 Å². The van der Waals surface area contributed by atoms with Crippen molar-refractivity contribution in [1.82, 2.24) is 16.0 Å². The maximum atomic E-state index is 11.8. The van der Waals surface area contributed by atoms with E-state index in [2.05, 4.69) is 31.9 Å². The van der Waals surface area contributed by atoms with Gasteiger partial charge in [-0.25, -0.2) is 0 Å². The van der Waals surface area contributed by atoms with Gasteiger partial charge in [-0.1, -0.05) is 15.9 Å². The summed E-state index contributed by atoms with van der Waals surface area (Å²) in [6.45, 7) is 2.98. The Morgan fingerprint density at radius 2 is 1.77 bits per heavy atom. The van der Waals surface area contributed by atoms with Gasteiger partial charge in [0.25, 0.3) is 5.91 Å². The second kappa shape index (κ2) is 11.2. The molecule has 0 aromatic heterocycles. The highest BCUT2D eigenvalue weighted by molar-refractivity contribution is 9.10. The Balaban J connectivity index is 2.09. The van der Waals surface area contributed by atoms with Crippen LogP contribution in [-0.4, -0.2) is 51.7 Å². The average molecular weight is 372 g/mol. The number of hydrogen-bond acceptors (Lipinski definition) is 4. The van der Waals surface area contributed by atoms with E-state index >= 15 is 0 Å². The number of methoxy groups -OCH3 is 1. The zero-order valence-corrected chi connectivity index (χ0v) is 14.2. The average Bonchev–Trinajstić information content (AvgIpc) is 2.51. The molecule has 0 aliphatic heterocycles. The van der Waals surface area contributed by atoms with E-state index in [4.69, 9.17) is 4.74 Å². The zero-order valence-electron chi connectivity index (χ0n) is 12.7. The lowest BCUT2D eigenvalue weighted by atomic mass is 10.2. The van der Waals surface area contributed by atoms with E-state index in [-0.39, 0.29) is 18.2 Å². The van der Waals surface area contributed by atoms with Crippen molar-refractivity contribution in [2.75, 3.05) is 39.9 Å². The van der Waals surface area contributed by atoms with Gasteiger partial charge < -0.3 is 20.7 Å². The van der Waals surface area contributed by atoms with Crippen molar-refractivity contribution in [3.05, 3.63) is 34.3 Å². The van der Waals surface area contributed by atoms with E-state index < -0.39 is 0 Å². The Kier molecular flexibility index (Phi) is 9.45. The molecule has 0 radical (unpaired) electrons. The van der Waals surface area contributed by atoms with Crippen molar-refractivity contribution < 1.29 is 14.3 Å². The van der Waals surface area contributed by atoms with Crippen LogP contribution in [0.3, 0.4) is 0 Å². The van der Waals surface area contributed by atoms with Crippen LogP contribution in [0.2, 0.25) is 0 Å². The second-order valence-corrected chi connectivity index (χ2v) is 5.52. The Hall–Kier alpha value is -1.44. The molecule has 0 aliphatic rings. The van der Waals surface area contributed by atoms with Crippen LogP contribution in [0, 0.1) is 0 Å². The summed E-state index contributed by atoms with van der Waals surface area (Å²) in [6.07, 6.45) is 0.264. The van der Waals surface area contributed by atoms with Gasteiger partial charge in [0.15, 0.2) is 0 Å². The van der Waals surface area contributed by atoms with Crippen LogP contribution in [-0.2, 0) is 9.53 Å². The summed E-state index contributed by atoms with van der Waals surface area (Å²) in [5.74, 6) is -0.258. The first-order valence-electron chi connectivity index (χ1n) is 7.13. The summed E-state index contributed by atoms with van der Waals surface area (Å²) in [5, 5.41) is 8.63. The molecule has 0 saturated carbocycles. The van der Waals surface area contributed by atoms with Crippen molar-refractivity contribution in [3.8, 4) is 0 Å². The molecule has 2 amide bonds. The molecule has 122 valence electrons. The minimum atomic E-state index is -0.179. The molecule has 0 saturated heterocycles. The van der Waals surface area contributed by atoms with E-state index in [0.717, 1.165) is 11.0 Å². The number of hydrogen-bond donors (Lipinski definition) is 3. The Morgan fingerprint density at radius 1 is 1.05 bits per heavy atom. The molecule has 0 bridgehead atoms. The van der Waals surface area contributed by atoms with Gasteiger partial charge in [-0.2, -0.15) is 0 Å². The molecule has 22 heavy (non-hydrogen) atoms. The third-order valence-electron chi connectivity index (χ3n) is 2.85. The molecule has 0 unspecified atom stereocenters. The standard InChI is InChI=1S/C15H22BrN3O3/c1-22-11-10-17-8-9-18-14(20)6-7-19-15(21)12-2-4-13(16)5-3-12/h2-5,17H,6-11H2,1H3,(H,18,20)(H,19,21). The highest BCUT2D eigenvalue weighted by Gasteiger charge is 2.06. The van der Waals surface area contributed by atoms with Crippen molar-refractivity contribution >= 4 is 27.7 Å². The van der Waals surface area contributed by atoms with Gasteiger partial charge >= 0.3 is 0 Å². The Bertz CT molecular complexity index is 466. The molecule has 1 aromatic rings. The van der Waals surface area contributed by atoms with Gasteiger partial charge in [-0.05, 0) is 24.3 Å². The number of halogens is 1. The third-order valence-corrected chi connectivity index (χ3v) is 3.38. The zero-order chi connectivity index (χ0) is 16.2. The van der Waals surface area contributed by atoms with Gasteiger partial charge in [0.2, 0.25) is 5.91 Å². The fourth-order valence-corrected chi connectivity index (χ4v) is 1.94. The van der Waals surface area contributed by atoms with Gasteiger partial charge in [-0.3, -0.25) is 9.59 Å². The molecule has 0 fully saturated rings. The number of carbonyl (C=O) groups is 2. The number of benzene rings is 1. The molecule has 1 rings (SSSR count). The van der Waals surface area contributed by atoms with Crippen LogP contribution < -0.4 is 16.0 Å². The van der Waals surface area contributed by atoms with Crippen LogP contribution in [0.15, 0.2) is 28.7 Å². The third kappa shape index (κ3) is 8.11. The number of amides is 2. The molecule has 0 spiro atoms. The lowest BCUT2D eigenvalue weighted by molar-refractivity contribution is -0.120. The molecule has 0 heterocycles. The normalized spacial score (nSPS) is 10.3. The van der Waals surface area contributed by atoms with Crippen molar-refractivity contribution in [3.63, 3.8) is 0 Å². The largest absolute Gasteiger partial charge is 0.383 e. The fraction of sp³-hybridized carbons (Fsp3) is 0.467. The second-order valence-electron chi connectivity index (χ2n) is 4.61. The van der Waals surface area contributed by atoms with E-state index in [0.29, 0.717) is 31.8 Å². The Morgan fingerprint density at radius 3 is 2.45 bits per heavy atom. The number of nitrogens with one attached hydrogen (secondary N) is 3. The summed E-state index contributed by atoms with van der Waals surface area (Å²) < 4.78 is 5.81. The lowest BCUT2D eigenvalue weighted by Gasteiger charge is -2.08. The first-order chi connectivity index (χ1) is 10.6. The summed E-state index contributed by atoms with van der Waals surface area (Å²) in [7, 11) is 1.64. The van der Waals surface area contributed by atoms with Crippen LogP contribution in [0.1, 0.15) is 16.8 Å². The maximum absolute atomic E-state index is 11.8.